The average molecular weight is 525 g/mol. The molecule has 9 nitrogen and oxygen atoms in total. The normalized spacial score (nSPS) is 21.0. The summed E-state index contributed by atoms with van der Waals surface area (Å²) in [5, 5.41) is 17.5. The minimum absolute atomic E-state index is 0.00759. The molecule has 1 amide bonds. The van der Waals surface area contributed by atoms with Crippen molar-refractivity contribution in [2.75, 3.05) is 5.01 Å². The maximum Gasteiger partial charge on any atom is 0.438 e. The Labute approximate surface area is 215 Å². The smallest absolute Gasteiger partial charge is 0.438 e. The number of rotatable bonds is 6. The Balaban J connectivity index is 1.29. The van der Waals surface area contributed by atoms with E-state index in [0.29, 0.717) is 22.8 Å². The lowest BCUT2D eigenvalue weighted by Gasteiger charge is -2.33. The van der Waals surface area contributed by atoms with Crippen LogP contribution in [0.15, 0.2) is 95.9 Å². The Morgan fingerprint density at radius 3 is 2.76 bits per heavy atom. The molecule has 0 saturated heterocycles. The van der Waals surface area contributed by atoms with E-state index in [1.165, 1.54) is 37.1 Å². The van der Waals surface area contributed by atoms with Gasteiger partial charge in [-0.1, -0.05) is 29.9 Å². The molecule has 2 aromatic rings. The van der Waals surface area contributed by atoms with Crippen LogP contribution in [0.3, 0.4) is 0 Å². The van der Waals surface area contributed by atoms with E-state index in [-0.39, 0.29) is 23.0 Å². The Bertz CT molecular complexity index is 1370. The van der Waals surface area contributed by atoms with Crippen molar-refractivity contribution in [2.24, 2.45) is 5.10 Å². The molecule has 0 spiro atoms. The first kappa shape index (κ1) is 25.2. The zero-order chi connectivity index (χ0) is 26.8. The third-order valence-electron chi connectivity index (χ3n) is 6.01. The number of hydrazone groups is 1. The molecule has 2 aliphatic heterocycles. The number of ether oxygens (including phenoxy) is 2. The maximum atomic E-state index is 13.9. The van der Waals surface area contributed by atoms with E-state index < -0.39 is 24.2 Å². The number of aliphatic hydroxyl groups is 1. The first-order valence-corrected chi connectivity index (χ1v) is 11.6. The van der Waals surface area contributed by atoms with Crippen LogP contribution in [-0.2, 0) is 9.47 Å². The predicted molar refractivity (Wildman–Crippen MR) is 130 cm³/mol. The fourth-order valence-electron chi connectivity index (χ4n) is 4.05. The van der Waals surface area contributed by atoms with E-state index in [0.717, 1.165) is 24.6 Å². The molecule has 1 unspecified atom stereocenters. The van der Waals surface area contributed by atoms with Crippen LogP contribution in [0.2, 0.25) is 0 Å². The van der Waals surface area contributed by atoms with Gasteiger partial charge in [0.25, 0.3) is 11.6 Å². The Kier molecular flexibility index (Phi) is 6.72. The first-order chi connectivity index (χ1) is 18.2. The molecule has 0 bridgehead atoms. The molecule has 2 aromatic heterocycles. The lowest BCUT2D eigenvalue weighted by atomic mass is 10.0. The van der Waals surface area contributed by atoms with Gasteiger partial charge >= 0.3 is 6.18 Å². The van der Waals surface area contributed by atoms with Crippen LogP contribution in [0.5, 0.6) is 0 Å². The molecule has 196 valence electrons. The number of carbonyl (C=O) groups excluding carboxylic acids is 1. The monoisotopic (exact) mass is 525 g/mol. The topological polar surface area (TPSA) is 109 Å². The van der Waals surface area contributed by atoms with E-state index >= 15 is 0 Å². The second-order valence-electron chi connectivity index (χ2n) is 8.72. The van der Waals surface area contributed by atoms with Crippen LogP contribution in [0.25, 0.3) is 0 Å². The van der Waals surface area contributed by atoms with Crippen molar-refractivity contribution in [2.45, 2.75) is 37.6 Å². The van der Waals surface area contributed by atoms with Crippen molar-refractivity contribution in [3.8, 4) is 0 Å². The summed E-state index contributed by atoms with van der Waals surface area (Å²) in [6.45, 7) is 0. The summed E-state index contributed by atoms with van der Waals surface area (Å²) in [6.07, 6.45) is 9.13. The van der Waals surface area contributed by atoms with Crippen LogP contribution in [0, 0.1) is 0 Å². The Morgan fingerprint density at radius 2 is 2.08 bits per heavy atom. The molecule has 0 aromatic carbocycles. The van der Waals surface area contributed by atoms with Gasteiger partial charge in [-0.3, -0.25) is 15.1 Å². The van der Waals surface area contributed by atoms with E-state index in [4.69, 9.17) is 9.47 Å². The molecule has 12 heteroatoms. The summed E-state index contributed by atoms with van der Waals surface area (Å²) in [4.78, 5) is 20.6. The van der Waals surface area contributed by atoms with Gasteiger partial charge in [0.05, 0.1) is 17.7 Å². The van der Waals surface area contributed by atoms with Crippen LogP contribution in [0.1, 0.15) is 41.6 Å². The van der Waals surface area contributed by atoms with Gasteiger partial charge in [-0.25, -0.2) is 9.99 Å². The van der Waals surface area contributed by atoms with Crippen LogP contribution < -0.4 is 10.3 Å². The van der Waals surface area contributed by atoms with Gasteiger partial charge in [-0.15, -0.1) is 0 Å². The lowest BCUT2D eigenvalue weighted by Crippen LogP contribution is -2.55. The number of nitrogens with one attached hydrogen (secondary N) is 1. The second-order valence-corrected chi connectivity index (χ2v) is 8.72. The fourth-order valence-corrected chi connectivity index (χ4v) is 4.05. The van der Waals surface area contributed by atoms with E-state index in [1.807, 2.05) is 12.2 Å². The van der Waals surface area contributed by atoms with Crippen LogP contribution in [0.4, 0.5) is 19.0 Å². The largest absolute Gasteiger partial charge is 0.464 e. The second kappa shape index (κ2) is 10.1. The third-order valence-corrected chi connectivity index (χ3v) is 6.01. The van der Waals surface area contributed by atoms with Gasteiger partial charge in [0.2, 0.25) is 5.88 Å². The van der Waals surface area contributed by atoms with Crippen molar-refractivity contribution in [3.63, 3.8) is 0 Å². The van der Waals surface area contributed by atoms with Crippen LogP contribution in [-0.4, -0.2) is 38.6 Å². The SMILES string of the molecule is O=C(NC1=COC=C(CC2=CC=CCC2)O1)c1ccc(N2N=C(c3cccnc3)CC2(O)C(F)(F)F)nc1. The molecule has 3 aliphatic rings. The maximum absolute atomic E-state index is 13.9. The summed E-state index contributed by atoms with van der Waals surface area (Å²) in [6, 6.07) is 5.54. The molecule has 5 rings (SSSR count). The van der Waals surface area contributed by atoms with Gasteiger partial charge in [-0.2, -0.15) is 18.3 Å². The van der Waals surface area contributed by atoms with E-state index in [9.17, 15) is 23.1 Å². The summed E-state index contributed by atoms with van der Waals surface area (Å²) in [7, 11) is 0. The molecule has 1 atom stereocenters. The number of halogens is 3. The molecule has 2 N–H and O–H groups in total. The van der Waals surface area contributed by atoms with Gasteiger partial charge in [-0.05, 0) is 31.0 Å². The molecule has 0 radical (unpaired) electrons. The first-order valence-electron chi connectivity index (χ1n) is 11.6. The summed E-state index contributed by atoms with van der Waals surface area (Å²) in [5.74, 6) is -0.343. The van der Waals surface area contributed by atoms with Crippen molar-refractivity contribution in [1.82, 2.24) is 15.3 Å². The van der Waals surface area contributed by atoms with Crippen molar-refractivity contribution < 1.29 is 32.5 Å². The minimum Gasteiger partial charge on any atom is -0.464 e. The summed E-state index contributed by atoms with van der Waals surface area (Å²) >= 11 is 0. The molecular weight excluding hydrogens is 503 g/mol. The van der Waals surface area contributed by atoms with Crippen LogP contribution >= 0.6 is 0 Å². The lowest BCUT2D eigenvalue weighted by molar-refractivity contribution is -0.254. The van der Waals surface area contributed by atoms with Gasteiger partial charge in [0.1, 0.15) is 12.0 Å². The molecule has 0 fully saturated rings. The number of pyridine rings is 2. The van der Waals surface area contributed by atoms with Gasteiger partial charge in [0.15, 0.2) is 12.1 Å². The number of carbonyl (C=O) groups is 1. The quantitative estimate of drug-likeness (QED) is 0.575. The minimum atomic E-state index is -5.04. The molecule has 1 aliphatic carbocycles. The summed E-state index contributed by atoms with van der Waals surface area (Å²) in [5.41, 5.74) is -1.79. The number of aromatic nitrogens is 2. The third kappa shape index (κ3) is 5.16. The van der Waals surface area contributed by atoms with Crippen molar-refractivity contribution >= 4 is 17.4 Å². The molecular formula is C26H22F3N5O4. The van der Waals surface area contributed by atoms with Gasteiger partial charge < -0.3 is 14.6 Å². The van der Waals surface area contributed by atoms with E-state index in [1.54, 1.807) is 12.1 Å². The number of nitrogens with zero attached hydrogens (tertiary/aromatic N) is 4. The van der Waals surface area contributed by atoms with Crippen molar-refractivity contribution in [1.29, 1.82) is 0 Å². The Morgan fingerprint density at radius 1 is 1.21 bits per heavy atom. The number of hydrogen-bond acceptors (Lipinski definition) is 8. The Hall–Kier alpha value is -4.45. The average Bonchev–Trinajstić information content (AvgIpc) is 3.29. The number of allylic oxidation sites excluding steroid dienone is 4. The number of anilines is 1. The predicted octanol–water partition coefficient (Wildman–Crippen LogP) is 4.43. The number of alkyl halides is 3. The molecule has 4 heterocycles. The highest BCUT2D eigenvalue weighted by molar-refractivity contribution is 6.03. The highest BCUT2D eigenvalue weighted by Crippen LogP contribution is 2.43. The van der Waals surface area contributed by atoms with E-state index in [2.05, 4.69) is 26.5 Å². The fraction of sp³-hybridized carbons (Fsp3) is 0.231. The zero-order valence-electron chi connectivity index (χ0n) is 19.9. The number of hydrogen-bond donors (Lipinski definition) is 2. The summed E-state index contributed by atoms with van der Waals surface area (Å²) < 4.78 is 52.7. The zero-order valence-corrected chi connectivity index (χ0v) is 19.9. The van der Waals surface area contributed by atoms with Gasteiger partial charge in [0, 0.05) is 30.6 Å². The van der Waals surface area contributed by atoms with Crippen molar-refractivity contribution in [3.05, 3.63) is 102 Å². The molecule has 38 heavy (non-hydrogen) atoms. The highest BCUT2D eigenvalue weighted by atomic mass is 19.4. The standard InChI is InChI=1S/C26H22F3N5O4/c27-26(28,29)25(36)12-21(18-7-4-10-30-13-18)33-34(25)22-9-8-19(14-31-22)24(35)32-23-16-37-15-20(38-23)11-17-5-2-1-3-6-17/h1-2,4-5,7-10,13-16,36H,3,6,11-12H2,(H,32,35). The molecule has 0 saturated carbocycles. The number of amides is 1. The highest BCUT2D eigenvalue weighted by Gasteiger charge is 2.62.